The fraction of sp³-hybridized carbons (Fsp3) is 0.200. The molecule has 0 saturated heterocycles. The molecule has 0 saturated carbocycles. The van der Waals surface area contributed by atoms with E-state index in [2.05, 4.69) is 26.9 Å². The SMILES string of the molecule is CSCCC(NC(=O)c1ccc(-n2cccn2)cc1)c1nnc2ccccn12. The van der Waals surface area contributed by atoms with Gasteiger partial charge < -0.3 is 5.32 Å². The highest BCUT2D eigenvalue weighted by molar-refractivity contribution is 7.98. The molecule has 0 radical (unpaired) electrons. The average Bonchev–Trinajstić information content (AvgIpc) is 3.41. The molecule has 0 fully saturated rings. The van der Waals surface area contributed by atoms with Gasteiger partial charge in [-0.1, -0.05) is 6.07 Å². The summed E-state index contributed by atoms with van der Waals surface area (Å²) in [5.41, 5.74) is 2.27. The van der Waals surface area contributed by atoms with Gasteiger partial charge in [-0.25, -0.2) is 4.68 Å². The zero-order valence-electron chi connectivity index (χ0n) is 15.4. The van der Waals surface area contributed by atoms with Crippen molar-refractivity contribution in [3.63, 3.8) is 0 Å². The molecule has 0 bridgehead atoms. The number of rotatable bonds is 7. The Morgan fingerprint density at radius 3 is 2.71 bits per heavy atom. The number of hydrogen-bond acceptors (Lipinski definition) is 5. The zero-order chi connectivity index (χ0) is 19.3. The maximum Gasteiger partial charge on any atom is 0.251 e. The molecule has 1 aromatic carbocycles. The van der Waals surface area contributed by atoms with Gasteiger partial charge in [-0.2, -0.15) is 16.9 Å². The van der Waals surface area contributed by atoms with Crippen molar-refractivity contribution >= 4 is 23.3 Å². The summed E-state index contributed by atoms with van der Waals surface area (Å²) in [5, 5.41) is 15.9. The predicted molar refractivity (Wildman–Crippen MR) is 110 cm³/mol. The van der Waals surface area contributed by atoms with Crippen molar-refractivity contribution in [1.82, 2.24) is 29.7 Å². The van der Waals surface area contributed by atoms with Crippen LogP contribution in [0.2, 0.25) is 0 Å². The number of hydrogen-bond donors (Lipinski definition) is 1. The van der Waals surface area contributed by atoms with Crippen LogP contribution in [-0.4, -0.2) is 42.3 Å². The van der Waals surface area contributed by atoms with E-state index in [0.29, 0.717) is 5.56 Å². The van der Waals surface area contributed by atoms with Gasteiger partial charge in [-0.05, 0) is 60.9 Å². The van der Waals surface area contributed by atoms with Gasteiger partial charge in [0.05, 0.1) is 11.7 Å². The van der Waals surface area contributed by atoms with Gasteiger partial charge in [0.15, 0.2) is 11.5 Å². The molecule has 4 rings (SSSR count). The molecule has 1 amide bonds. The van der Waals surface area contributed by atoms with Crippen LogP contribution < -0.4 is 5.32 Å². The van der Waals surface area contributed by atoms with Gasteiger partial charge >= 0.3 is 0 Å². The van der Waals surface area contributed by atoms with Crippen LogP contribution >= 0.6 is 11.8 Å². The Bertz CT molecular complexity index is 1060. The van der Waals surface area contributed by atoms with Crippen LogP contribution in [0.15, 0.2) is 67.1 Å². The highest BCUT2D eigenvalue weighted by Crippen LogP contribution is 2.19. The number of fused-ring (bicyclic) bond motifs is 1. The number of nitrogens with one attached hydrogen (secondary N) is 1. The quantitative estimate of drug-likeness (QED) is 0.523. The number of pyridine rings is 1. The first-order chi connectivity index (χ1) is 13.8. The first kappa shape index (κ1) is 18.2. The van der Waals surface area contributed by atoms with E-state index < -0.39 is 0 Å². The minimum Gasteiger partial charge on any atom is -0.342 e. The normalized spacial score (nSPS) is 12.2. The third-order valence-corrected chi connectivity index (χ3v) is 5.11. The summed E-state index contributed by atoms with van der Waals surface area (Å²) in [7, 11) is 0. The van der Waals surface area contributed by atoms with E-state index in [1.807, 2.05) is 53.2 Å². The molecule has 0 aliphatic rings. The number of carbonyl (C=O) groups excluding carboxylic acids is 1. The average molecular weight is 392 g/mol. The molecular formula is C20H20N6OS. The molecule has 3 aromatic heterocycles. The van der Waals surface area contributed by atoms with Crippen molar-refractivity contribution in [3.8, 4) is 5.69 Å². The van der Waals surface area contributed by atoms with Crippen LogP contribution in [0.3, 0.4) is 0 Å². The summed E-state index contributed by atoms with van der Waals surface area (Å²) >= 11 is 1.74. The number of thioether (sulfide) groups is 1. The first-order valence-corrected chi connectivity index (χ1v) is 10.3. The minimum absolute atomic E-state index is 0.134. The molecule has 0 aliphatic carbocycles. The largest absolute Gasteiger partial charge is 0.342 e. The predicted octanol–water partition coefficient (Wildman–Crippen LogP) is 3.14. The summed E-state index contributed by atoms with van der Waals surface area (Å²) in [6.07, 6.45) is 8.33. The lowest BCUT2D eigenvalue weighted by Crippen LogP contribution is -2.30. The first-order valence-electron chi connectivity index (χ1n) is 8.96. The molecule has 142 valence electrons. The molecule has 3 heterocycles. The van der Waals surface area contributed by atoms with Gasteiger partial charge in [0.2, 0.25) is 0 Å². The summed E-state index contributed by atoms with van der Waals surface area (Å²) in [4.78, 5) is 12.8. The lowest BCUT2D eigenvalue weighted by atomic mass is 10.1. The fourth-order valence-corrected chi connectivity index (χ4v) is 3.50. The molecule has 1 N–H and O–H groups in total. The smallest absolute Gasteiger partial charge is 0.251 e. The Labute approximate surface area is 166 Å². The molecule has 7 nitrogen and oxygen atoms in total. The van der Waals surface area contributed by atoms with E-state index in [4.69, 9.17) is 0 Å². The molecule has 4 aromatic rings. The van der Waals surface area contributed by atoms with E-state index in [1.54, 1.807) is 34.8 Å². The second-order valence-corrected chi connectivity index (χ2v) is 7.28. The Kier molecular flexibility index (Phi) is 5.38. The highest BCUT2D eigenvalue weighted by Gasteiger charge is 2.20. The van der Waals surface area contributed by atoms with Crippen LogP contribution in [0.5, 0.6) is 0 Å². The van der Waals surface area contributed by atoms with Gasteiger partial charge in [-0.15, -0.1) is 10.2 Å². The standard InChI is InChI=1S/C20H20N6OS/c1-28-14-10-17(19-24-23-18-5-2-3-12-25(18)19)22-20(27)15-6-8-16(9-7-15)26-13-4-11-21-26/h2-9,11-13,17H,10,14H2,1H3,(H,22,27). The number of carbonyl (C=O) groups is 1. The van der Waals surface area contributed by atoms with Crippen LogP contribution in [0, 0.1) is 0 Å². The molecule has 0 aliphatic heterocycles. The molecule has 28 heavy (non-hydrogen) atoms. The van der Waals surface area contributed by atoms with Crippen molar-refractivity contribution in [3.05, 3.63) is 78.5 Å². The second-order valence-electron chi connectivity index (χ2n) is 6.29. The Morgan fingerprint density at radius 1 is 1.11 bits per heavy atom. The fourth-order valence-electron chi connectivity index (χ4n) is 3.03. The van der Waals surface area contributed by atoms with E-state index >= 15 is 0 Å². The summed E-state index contributed by atoms with van der Waals surface area (Å²) < 4.78 is 3.68. The van der Waals surface area contributed by atoms with Crippen LogP contribution in [0.4, 0.5) is 0 Å². The van der Waals surface area contributed by atoms with Crippen LogP contribution in [0.25, 0.3) is 11.3 Å². The Morgan fingerprint density at radius 2 is 1.96 bits per heavy atom. The highest BCUT2D eigenvalue weighted by atomic mass is 32.2. The number of amides is 1. The summed E-state index contributed by atoms with van der Waals surface area (Å²) in [6.45, 7) is 0. The van der Waals surface area contributed by atoms with Crippen molar-refractivity contribution < 1.29 is 4.79 Å². The lowest BCUT2D eigenvalue weighted by Gasteiger charge is -2.17. The number of nitrogens with zero attached hydrogens (tertiary/aromatic N) is 5. The van der Waals surface area contributed by atoms with E-state index in [1.165, 1.54) is 0 Å². The van der Waals surface area contributed by atoms with Crippen molar-refractivity contribution in [2.75, 3.05) is 12.0 Å². The summed E-state index contributed by atoms with van der Waals surface area (Å²) in [5.74, 6) is 1.52. The zero-order valence-corrected chi connectivity index (χ0v) is 16.2. The molecule has 8 heteroatoms. The van der Waals surface area contributed by atoms with Crippen molar-refractivity contribution in [1.29, 1.82) is 0 Å². The number of aromatic nitrogens is 5. The Hall–Kier alpha value is -3.13. The topological polar surface area (TPSA) is 77.1 Å². The lowest BCUT2D eigenvalue weighted by molar-refractivity contribution is 0.0934. The van der Waals surface area contributed by atoms with Gasteiger partial charge in [0, 0.05) is 24.2 Å². The monoisotopic (exact) mass is 392 g/mol. The van der Waals surface area contributed by atoms with E-state index in [-0.39, 0.29) is 11.9 Å². The molecule has 1 unspecified atom stereocenters. The third-order valence-electron chi connectivity index (χ3n) is 4.47. The molecule has 1 atom stereocenters. The minimum atomic E-state index is -0.219. The van der Waals surface area contributed by atoms with Crippen molar-refractivity contribution in [2.45, 2.75) is 12.5 Å². The maximum atomic E-state index is 12.8. The van der Waals surface area contributed by atoms with Crippen molar-refractivity contribution in [2.24, 2.45) is 0 Å². The van der Waals surface area contributed by atoms with E-state index in [0.717, 1.165) is 29.3 Å². The number of benzene rings is 1. The van der Waals surface area contributed by atoms with Crippen LogP contribution in [0.1, 0.15) is 28.6 Å². The van der Waals surface area contributed by atoms with Gasteiger partial charge in [-0.3, -0.25) is 9.20 Å². The van der Waals surface area contributed by atoms with Gasteiger partial charge in [0.25, 0.3) is 5.91 Å². The molecule has 0 spiro atoms. The second kappa shape index (κ2) is 8.26. The summed E-state index contributed by atoms with van der Waals surface area (Å²) in [6, 6.07) is 14.8. The third kappa shape index (κ3) is 3.77. The van der Waals surface area contributed by atoms with Gasteiger partial charge in [0.1, 0.15) is 0 Å². The Balaban J connectivity index is 1.55. The molecular weight excluding hydrogens is 372 g/mol. The van der Waals surface area contributed by atoms with Crippen LogP contribution in [-0.2, 0) is 0 Å². The maximum absolute atomic E-state index is 12.8. The van der Waals surface area contributed by atoms with E-state index in [9.17, 15) is 4.79 Å².